The molecule has 0 spiro atoms. The smallest absolute Gasteiger partial charge is 0.119 e. The molecule has 3 nitrogen and oxygen atoms in total. The normalized spacial score (nSPS) is 19.9. The van der Waals surface area contributed by atoms with E-state index in [2.05, 4.69) is 12.1 Å². The van der Waals surface area contributed by atoms with E-state index in [1.54, 1.807) is 7.11 Å². The van der Waals surface area contributed by atoms with Gasteiger partial charge in [0.15, 0.2) is 0 Å². The summed E-state index contributed by atoms with van der Waals surface area (Å²) >= 11 is 0. The average Bonchev–Trinajstić information content (AvgIpc) is 2.48. The van der Waals surface area contributed by atoms with Crippen molar-refractivity contribution >= 4 is 0 Å². The van der Waals surface area contributed by atoms with E-state index in [0.29, 0.717) is 6.61 Å². The van der Waals surface area contributed by atoms with Crippen molar-refractivity contribution in [1.29, 1.82) is 0 Å². The van der Waals surface area contributed by atoms with Gasteiger partial charge in [0.05, 0.1) is 18.2 Å². The van der Waals surface area contributed by atoms with Crippen molar-refractivity contribution in [1.82, 2.24) is 0 Å². The predicted octanol–water partition coefficient (Wildman–Crippen LogP) is 3.43. The number of hydrogen-bond acceptors (Lipinski definition) is 3. The number of ether oxygens (including phenoxy) is 2. The largest absolute Gasteiger partial charge is 0.494 e. The topological polar surface area (TPSA) is 44.5 Å². The standard InChI is InChI=1S/C16H25NO2/c1-3-19-14-9-7-13(8-10-14)15(17)16(18-2)11-5-4-6-12-16/h7-10,15H,3-6,11-12,17H2,1-2H3. The molecule has 0 aliphatic heterocycles. The van der Waals surface area contributed by atoms with Crippen LogP contribution in [-0.4, -0.2) is 19.3 Å². The molecule has 1 fully saturated rings. The van der Waals surface area contributed by atoms with Gasteiger partial charge in [0, 0.05) is 7.11 Å². The Morgan fingerprint density at radius 3 is 2.32 bits per heavy atom. The van der Waals surface area contributed by atoms with Crippen LogP contribution in [0.25, 0.3) is 0 Å². The highest BCUT2D eigenvalue weighted by Crippen LogP contribution is 2.39. The van der Waals surface area contributed by atoms with E-state index < -0.39 is 0 Å². The van der Waals surface area contributed by atoms with Crippen molar-refractivity contribution in [3.8, 4) is 5.75 Å². The lowest BCUT2D eigenvalue weighted by Crippen LogP contribution is -2.44. The van der Waals surface area contributed by atoms with Gasteiger partial charge in [0.25, 0.3) is 0 Å². The zero-order chi connectivity index (χ0) is 13.7. The summed E-state index contributed by atoms with van der Waals surface area (Å²) in [5.74, 6) is 0.897. The third kappa shape index (κ3) is 3.10. The van der Waals surface area contributed by atoms with E-state index in [1.807, 2.05) is 19.1 Å². The zero-order valence-corrected chi connectivity index (χ0v) is 12.0. The molecular formula is C16H25NO2. The zero-order valence-electron chi connectivity index (χ0n) is 12.0. The summed E-state index contributed by atoms with van der Waals surface area (Å²) in [4.78, 5) is 0. The maximum absolute atomic E-state index is 6.47. The molecule has 19 heavy (non-hydrogen) atoms. The molecule has 0 bridgehead atoms. The maximum atomic E-state index is 6.47. The minimum absolute atomic E-state index is 0.0616. The molecule has 1 unspecified atom stereocenters. The molecule has 0 aromatic heterocycles. The summed E-state index contributed by atoms with van der Waals surface area (Å²) in [6.07, 6.45) is 5.81. The van der Waals surface area contributed by atoms with Gasteiger partial charge in [-0.2, -0.15) is 0 Å². The molecule has 1 aliphatic rings. The fraction of sp³-hybridized carbons (Fsp3) is 0.625. The van der Waals surface area contributed by atoms with E-state index in [4.69, 9.17) is 15.2 Å². The molecule has 0 heterocycles. The van der Waals surface area contributed by atoms with Gasteiger partial charge in [-0.1, -0.05) is 31.4 Å². The number of hydrogen-bond donors (Lipinski definition) is 1. The van der Waals surface area contributed by atoms with Crippen LogP contribution in [0, 0.1) is 0 Å². The lowest BCUT2D eigenvalue weighted by Gasteiger charge is -2.41. The Morgan fingerprint density at radius 2 is 1.79 bits per heavy atom. The van der Waals surface area contributed by atoms with Crippen LogP contribution in [-0.2, 0) is 4.74 Å². The van der Waals surface area contributed by atoms with Crippen LogP contribution in [0.4, 0.5) is 0 Å². The minimum atomic E-state index is -0.189. The molecule has 0 amide bonds. The average molecular weight is 263 g/mol. The van der Waals surface area contributed by atoms with Gasteiger partial charge in [-0.05, 0) is 37.5 Å². The lowest BCUT2D eigenvalue weighted by molar-refractivity contribution is -0.0595. The third-order valence-electron chi connectivity index (χ3n) is 4.22. The van der Waals surface area contributed by atoms with Crippen LogP contribution in [0.5, 0.6) is 5.75 Å². The first-order valence-electron chi connectivity index (χ1n) is 7.25. The molecular weight excluding hydrogens is 238 g/mol. The third-order valence-corrected chi connectivity index (χ3v) is 4.22. The highest BCUT2D eigenvalue weighted by atomic mass is 16.5. The molecule has 106 valence electrons. The van der Waals surface area contributed by atoms with Gasteiger partial charge >= 0.3 is 0 Å². The van der Waals surface area contributed by atoms with Gasteiger partial charge < -0.3 is 15.2 Å². The molecule has 1 atom stereocenters. The van der Waals surface area contributed by atoms with Gasteiger partial charge in [-0.25, -0.2) is 0 Å². The van der Waals surface area contributed by atoms with Crippen LogP contribution in [0.3, 0.4) is 0 Å². The second-order valence-corrected chi connectivity index (χ2v) is 5.31. The van der Waals surface area contributed by atoms with Gasteiger partial charge in [-0.3, -0.25) is 0 Å². The highest BCUT2D eigenvalue weighted by Gasteiger charge is 2.38. The van der Waals surface area contributed by atoms with Crippen molar-refractivity contribution in [2.45, 2.75) is 50.7 Å². The Labute approximate surface area is 116 Å². The number of benzene rings is 1. The van der Waals surface area contributed by atoms with Crippen LogP contribution in [0.2, 0.25) is 0 Å². The van der Waals surface area contributed by atoms with E-state index in [-0.39, 0.29) is 11.6 Å². The van der Waals surface area contributed by atoms with Gasteiger partial charge in [-0.15, -0.1) is 0 Å². The van der Waals surface area contributed by atoms with Crippen LogP contribution in [0.1, 0.15) is 50.6 Å². The second-order valence-electron chi connectivity index (χ2n) is 5.31. The number of methoxy groups -OCH3 is 1. The summed E-state index contributed by atoms with van der Waals surface area (Å²) < 4.78 is 11.3. The van der Waals surface area contributed by atoms with Crippen molar-refractivity contribution in [3.63, 3.8) is 0 Å². The molecule has 1 aliphatic carbocycles. The fourth-order valence-corrected chi connectivity index (χ4v) is 3.03. The Bertz CT molecular complexity index is 382. The van der Waals surface area contributed by atoms with E-state index >= 15 is 0 Å². The number of rotatable bonds is 5. The predicted molar refractivity (Wildman–Crippen MR) is 77.4 cm³/mol. The molecule has 0 radical (unpaired) electrons. The summed E-state index contributed by atoms with van der Waals surface area (Å²) in [5.41, 5.74) is 7.42. The van der Waals surface area contributed by atoms with Crippen LogP contribution < -0.4 is 10.5 Å². The molecule has 1 aromatic rings. The molecule has 2 rings (SSSR count). The molecule has 2 N–H and O–H groups in total. The monoisotopic (exact) mass is 263 g/mol. The summed E-state index contributed by atoms with van der Waals surface area (Å²) in [6, 6.07) is 8.04. The molecule has 1 aromatic carbocycles. The second kappa shape index (κ2) is 6.40. The van der Waals surface area contributed by atoms with Gasteiger partial charge in [0.2, 0.25) is 0 Å². The SMILES string of the molecule is CCOc1ccc(C(N)C2(OC)CCCCC2)cc1. The van der Waals surface area contributed by atoms with E-state index in [9.17, 15) is 0 Å². The Kier molecular flexibility index (Phi) is 4.83. The fourth-order valence-electron chi connectivity index (χ4n) is 3.03. The Morgan fingerprint density at radius 1 is 1.16 bits per heavy atom. The van der Waals surface area contributed by atoms with Crippen molar-refractivity contribution in [2.24, 2.45) is 5.73 Å². The molecule has 0 saturated heterocycles. The number of nitrogens with two attached hydrogens (primary N) is 1. The minimum Gasteiger partial charge on any atom is -0.494 e. The first-order chi connectivity index (χ1) is 9.22. The molecule has 1 saturated carbocycles. The van der Waals surface area contributed by atoms with Crippen molar-refractivity contribution in [3.05, 3.63) is 29.8 Å². The van der Waals surface area contributed by atoms with Crippen LogP contribution >= 0.6 is 0 Å². The van der Waals surface area contributed by atoms with Crippen LogP contribution in [0.15, 0.2) is 24.3 Å². The highest BCUT2D eigenvalue weighted by molar-refractivity contribution is 5.30. The lowest BCUT2D eigenvalue weighted by atomic mass is 9.77. The van der Waals surface area contributed by atoms with Crippen molar-refractivity contribution < 1.29 is 9.47 Å². The summed E-state index contributed by atoms with van der Waals surface area (Å²) in [6.45, 7) is 2.68. The summed E-state index contributed by atoms with van der Waals surface area (Å²) in [7, 11) is 1.79. The Hall–Kier alpha value is -1.06. The Balaban J connectivity index is 2.14. The first kappa shape index (κ1) is 14.4. The first-order valence-corrected chi connectivity index (χ1v) is 7.25. The summed E-state index contributed by atoms with van der Waals surface area (Å²) in [5, 5.41) is 0. The molecule has 3 heteroatoms. The van der Waals surface area contributed by atoms with Gasteiger partial charge in [0.1, 0.15) is 5.75 Å². The van der Waals surface area contributed by atoms with Crippen molar-refractivity contribution in [2.75, 3.05) is 13.7 Å². The van der Waals surface area contributed by atoms with E-state index in [0.717, 1.165) is 24.2 Å². The quantitative estimate of drug-likeness (QED) is 0.885. The maximum Gasteiger partial charge on any atom is 0.119 e. The van der Waals surface area contributed by atoms with E-state index in [1.165, 1.54) is 19.3 Å².